The van der Waals surface area contributed by atoms with Crippen molar-refractivity contribution in [3.8, 4) is 0 Å². The third kappa shape index (κ3) is 3.96. The molecule has 0 unspecified atom stereocenters. The average molecular weight is 439 g/mol. The molecular weight excluding hydrogens is 420 g/mol. The van der Waals surface area contributed by atoms with E-state index in [9.17, 15) is 14.4 Å². The molecule has 8 heteroatoms. The van der Waals surface area contributed by atoms with Gasteiger partial charge in [-0.1, -0.05) is 36.7 Å². The minimum absolute atomic E-state index is 0.0461. The molecule has 0 atom stereocenters. The van der Waals surface area contributed by atoms with Gasteiger partial charge in [0.1, 0.15) is 12.2 Å². The summed E-state index contributed by atoms with van der Waals surface area (Å²) in [5.41, 5.74) is 0.823. The van der Waals surface area contributed by atoms with Crippen LogP contribution < -0.4 is 11.2 Å². The first kappa shape index (κ1) is 20.8. The number of aromatic nitrogens is 2. The summed E-state index contributed by atoms with van der Waals surface area (Å²) in [6.45, 7) is 3.92. The minimum Gasteiger partial charge on any atom is -0.456 e. The van der Waals surface area contributed by atoms with E-state index in [-0.39, 0.29) is 17.9 Å². The lowest BCUT2D eigenvalue weighted by molar-refractivity contribution is 0.0466. The van der Waals surface area contributed by atoms with Crippen LogP contribution in [0, 0.1) is 6.92 Å². The Bertz CT molecular complexity index is 1440. The number of nitrogens with zero attached hydrogens (tertiary/aromatic N) is 2. The highest BCUT2D eigenvalue weighted by Crippen LogP contribution is 2.26. The SMILES string of the molecule is CCCn1nc(C(=O)OCc2cc(=O)oc3cc(C)c(Cl)cc23)c2ccccc2c1=O. The van der Waals surface area contributed by atoms with Gasteiger partial charge in [-0.2, -0.15) is 5.10 Å². The number of aryl methyl sites for hydroxylation is 2. The van der Waals surface area contributed by atoms with Crippen molar-refractivity contribution >= 4 is 39.3 Å². The van der Waals surface area contributed by atoms with Crippen molar-refractivity contribution in [2.75, 3.05) is 0 Å². The van der Waals surface area contributed by atoms with Gasteiger partial charge in [0.25, 0.3) is 5.56 Å². The molecule has 7 nitrogen and oxygen atoms in total. The molecule has 0 fully saturated rings. The van der Waals surface area contributed by atoms with Gasteiger partial charge in [0.2, 0.25) is 0 Å². The molecule has 4 aromatic rings. The fraction of sp³-hybridized carbons (Fsp3) is 0.217. The van der Waals surface area contributed by atoms with Gasteiger partial charge in [-0.25, -0.2) is 14.3 Å². The van der Waals surface area contributed by atoms with Crippen LogP contribution in [-0.2, 0) is 17.9 Å². The topological polar surface area (TPSA) is 91.4 Å². The highest BCUT2D eigenvalue weighted by Gasteiger charge is 2.19. The van der Waals surface area contributed by atoms with Crippen molar-refractivity contribution in [1.82, 2.24) is 9.78 Å². The summed E-state index contributed by atoms with van der Waals surface area (Å²) in [5.74, 6) is -0.694. The largest absolute Gasteiger partial charge is 0.456 e. The van der Waals surface area contributed by atoms with Crippen LogP contribution in [0.4, 0.5) is 0 Å². The predicted molar refractivity (Wildman–Crippen MR) is 118 cm³/mol. The first-order valence-electron chi connectivity index (χ1n) is 9.79. The van der Waals surface area contributed by atoms with E-state index in [4.69, 9.17) is 20.8 Å². The van der Waals surface area contributed by atoms with E-state index < -0.39 is 11.6 Å². The molecule has 4 rings (SSSR count). The maximum atomic E-state index is 12.9. The minimum atomic E-state index is -0.694. The third-order valence-corrected chi connectivity index (χ3v) is 5.37. The second-order valence-corrected chi connectivity index (χ2v) is 7.59. The highest BCUT2D eigenvalue weighted by atomic mass is 35.5. The second-order valence-electron chi connectivity index (χ2n) is 7.19. The van der Waals surface area contributed by atoms with Gasteiger partial charge in [0, 0.05) is 34.0 Å². The fourth-order valence-electron chi connectivity index (χ4n) is 3.43. The van der Waals surface area contributed by atoms with Crippen LogP contribution in [0.2, 0.25) is 5.02 Å². The molecular formula is C23H19ClN2O5. The molecule has 2 heterocycles. The molecule has 2 aromatic heterocycles. The zero-order valence-electron chi connectivity index (χ0n) is 17.0. The number of esters is 1. The van der Waals surface area contributed by atoms with Gasteiger partial charge in [0.05, 0.1) is 5.39 Å². The van der Waals surface area contributed by atoms with Crippen LogP contribution >= 0.6 is 11.6 Å². The second kappa shape index (κ2) is 8.35. The number of carbonyl (C=O) groups is 1. The van der Waals surface area contributed by atoms with Crippen molar-refractivity contribution in [1.29, 1.82) is 0 Å². The Kier molecular flexibility index (Phi) is 5.61. The standard InChI is InChI=1S/C23H19ClN2O5/c1-3-8-26-22(28)16-7-5-4-6-15(16)21(25-26)23(29)30-12-14-10-20(27)31-19-9-13(2)18(24)11-17(14)19/h4-7,9-11H,3,8,12H2,1-2H3. The summed E-state index contributed by atoms with van der Waals surface area (Å²) >= 11 is 6.22. The molecule has 2 aromatic carbocycles. The fourth-order valence-corrected chi connectivity index (χ4v) is 3.59. The molecule has 0 saturated carbocycles. The number of rotatable bonds is 5. The molecule has 158 valence electrons. The molecule has 0 N–H and O–H groups in total. The molecule has 0 saturated heterocycles. The molecule has 0 aliphatic carbocycles. The van der Waals surface area contributed by atoms with Crippen molar-refractivity contribution in [2.24, 2.45) is 0 Å². The molecule has 0 aliphatic heterocycles. The Balaban J connectivity index is 1.73. The summed E-state index contributed by atoms with van der Waals surface area (Å²) in [5, 5.41) is 6.14. The molecule has 0 spiro atoms. The van der Waals surface area contributed by atoms with Gasteiger partial charge >= 0.3 is 11.6 Å². The summed E-state index contributed by atoms with van der Waals surface area (Å²) in [7, 11) is 0. The Morgan fingerprint density at radius 3 is 2.61 bits per heavy atom. The van der Waals surface area contributed by atoms with Gasteiger partial charge in [-0.15, -0.1) is 0 Å². The Morgan fingerprint density at radius 2 is 1.87 bits per heavy atom. The summed E-state index contributed by atoms with van der Waals surface area (Å²) < 4.78 is 12.0. The number of benzene rings is 2. The van der Waals surface area contributed by atoms with Crippen molar-refractivity contribution < 1.29 is 13.9 Å². The van der Waals surface area contributed by atoms with Crippen LogP contribution in [0.25, 0.3) is 21.7 Å². The third-order valence-electron chi connectivity index (χ3n) is 4.96. The summed E-state index contributed by atoms with van der Waals surface area (Å²) in [6.07, 6.45) is 0.686. The number of carbonyl (C=O) groups excluding carboxylic acids is 1. The van der Waals surface area contributed by atoms with Crippen molar-refractivity contribution in [3.63, 3.8) is 0 Å². The predicted octanol–water partition coefficient (Wildman–Crippen LogP) is 4.23. The highest BCUT2D eigenvalue weighted by molar-refractivity contribution is 6.32. The molecule has 0 bridgehead atoms. The average Bonchev–Trinajstić information content (AvgIpc) is 2.75. The van der Waals surface area contributed by atoms with E-state index in [1.807, 2.05) is 6.92 Å². The number of halogens is 1. The molecule has 31 heavy (non-hydrogen) atoms. The molecule has 0 amide bonds. The zero-order valence-corrected chi connectivity index (χ0v) is 17.7. The smallest absolute Gasteiger partial charge is 0.359 e. The number of fused-ring (bicyclic) bond motifs is 2. The summed E-state index contributed by atoms with van der Waals surface area (Å²) in [4.78, 5) is 37.5. The van der Waals surface area contributed by atoms with E-state index in [0.717, 1.165) is 5.56 Å². The van der Waals surface area contributed by atoms with Crippen LogP contribution in [0.15, 0.2) is 56.5 Å². The lowest BCUT2D eigenvalue weighted by atomic mass is 10.1. The van der Waals surface area contributed by atoms with Gasteiger partial charge < -0.3 is 9.15 Å². The van der Waals surface area contributed by atoms with Crippen molar-refractivity contribution in [2.45, 2.75) is 33.4 Å². The Morgan fingerprint density at radius 1 is 1.13 bits per heavy atom. The Labute approximate surface area is 181 Å². The lowest BCUT2D eigenvalue weighted by Crippen LogP contribution is -2.26. The monoisotopic (exact) mass is 438 g/mol. The van der Waals surface area contributed by atoms with E-state index >= 15 is 0 Å². The van der Waals surface area contributed by atoms with E-state index in [2.05, 4.69) is 5.10 Å². The molecule has 0 radical (unpaired) electrons. The van der Waals surface area contributed by atoms with Gasteiger partial charge in [0.15, 0.2) is 5.69 Å². The van der Waals surface area contributed by atoms with Crippen molar-refractivity contribution in [3.05, 3.63) is 85.1 Å². The maximum absolute atomic E-state index is 12.9. The van der Waals surface area contributed by atoms with E-state index in [1.165, 1.54) is 10.7 Å². The lowest BCUT2D eigenvalue weighted by Gasteiger charge is -2.11. The normalized spacial score (nSPS) is 11.2. The van der Waals surface area contributed by atoms with E-state index in [1.54, 1.807) is 43.3 Å². The van der Waals surface area contributed by atoms with Crippen LogP contribution in [0.1, 0.15) is 35.0 Å². The number of hydrogen-bond acceptors (Lipinski definition) is 6. The first-order chi connectivity index (χ1) is 14.9. The molecule has 0 aliphatic rings. The van der Waals surface area contributed by atoms with E-state index in [0.29, 0.717) is 45.3 Å². The summed E-state index contributed by atoms with van der Waals surface area (Å²) in [6, 6.07) is 11.4. The maximum Gasteiger partial charge on any atom is 0.359 e. The number of hydrogen-bond donors (Lipinski definition) is 0. The van der Waals surface area contributed by atoms with Crippen LogP contribution in [-0.4, -0.2) is 15.7 Å². The van der Waals surface area contributed by atoms with Gasteiger partial charge in [-0.3, -0.25) is 4.79 Å². The zero-order chi connectivity index (χ0) is 22.1. The van der Waals surface area contributed by atoms with Crippen LogP contribution in [0.5, 0.6) is 0 Å². The van der Waals surface area contributed by atoms with Crippen LogP contribution in [0.3, 0.4) is 0 Å². The quantitative estimate of drug-likeness (QED) is 0.342. The Hall–Kier alpha value is -3.45. The number of ether oxygens (including phenoxy) is 1. The van der Waals surface area contributed by atoms with Gasteiger partial charge in [-0.05, 0) is 37.1 Å². The first-order valence-corrected chi connectivity index (χ1v) is 10.2.